The quantitative estimate of drug-likeness (QED) is 0.653. The average molecular weight is 376 g/mol. The summed E-state index contributed by atoms with van der Waals surface area (Å²) < 4.78 is 1.67. The van der Waals surface area contributed by atoms with Gasteiger partial charge in [0.25, 0.3) is 5.91 Å². The molecule has 3 aromatic heterocycles. The van der Waals surface area contributed by atoms with Gasteiger partial charge in [-0.05, 0) is 57.2 Å². The molecule has 4 bridgehead atoms. The Kier molecular flexibility index (Phi) is 4.22. The van der Waals surface area contributed by atoms with Crippen LogP contribution >= 0.6 is 0 Å². The number of amides is 1. The summed E-state index contributed by atoms with van der Waals surface area (Å²) >= 11 is 0. The van der Waals surface area contributed by atoms with Gasteiger partial charge in [0.2, 0.25) is 0 Å². The van der Waals surface area contributed by atoms with Crippen molar-refractivity contribution in [1.29, 1.82) is 0 Å². The summed E-state index contributed by atoms with van der Waals surface area (Å²) in [6.45, 7) is 2.98. The Bertz CT molecular complexity index is 1030. The lowest BCUT2D eigenvalue weighted by Crippen LogP contribution is -2.32. The number of rotatable bonds is 0. The molecule has 1 fully saturated rings. The molecule has 2 aliphatic heterocycles. The minimum absolute atomic E-state index is 0.0853. The molecule has 7 heteroatoms. The van der Waals surface area contributed by atoms with Crippen molar-refractivity contribution >= 4 is 17.4 Å². The summed E-state index contributed by atoms with van der Waals surface area (Å²) in [5.41, 5.74) is 3.36. The van der Waals surface area contributed by atoms with Crippen molar-refractivity contribution in [2.24, 2.45) is 0 Å². The van der Waals surface area contributed by atoms with Crippen molar-refractivity contribution in [1.82, 2.24) is 24.9 Å². The summed E-state index contributed by atoms with van der Waals surface area (Å²) in [4.78, 5) is 24.9. The van der Waals surface area contributed by atoms with E-state index in [0.717, 1.165) is 55.9 Å². The fourth-order valence-electron chi connectivity index (χ4n) is 4.31. The van der Waals surface area contributed by atoms with Crippen molar-refractivity contribution in [3.8, 4) is 0 Å². The molecule has 2 atom stereocenters. The van der Waals surface area contributed by atoms with Gasteiger partial charge in [0.15, 0.2) is 5.65 Å². The highest BCUT2D eigenvalue weighted by molar-refractivity contribution is 5.99. The van der Waals surface area contributed by atoms with E-state index in [1.54, 1.807) is 10.7 Å². The van der Waals surface area contributed by atoms with Crippen LogP contribution in [0.5, 0.6) is 0 Å². The summed E-state index contributed by atoms with van der Waals surface area (Å²) in [5.74, 6) is 0.762. The molecule has 1 amide bonds. The Balaban J connectivity index is 1.62. The van der Waals surface area contributed by atoms with Gasteiger partial charge >= 0.3 is 0 Å². The SMILES string of the molecule is C[C@@H]1CCCc2cccc(n2)[C@H]2CCCN2c2ccn3ncc(c3n2)C(=O)N1. The number of pyridine rings is 1. The largest absolute Gasteiger partial charge is 0.349 e. The van der Waals surface area contributed by atoms with Crippen LogP contribution in [0.4, 0.5) is 5.82 Å². The number of anilines is 1. The van der Waals surface area contributed by atoms with Crippen molar-refractivity contribution < 1.29 is 4.79 Å². The van der Waals surface area contributed by atoms with E-state index >= 15 is 0 Å². The van der Waals surface area contributed by atoms with Gasteiger partial charge in [-0.15, -0.1) is 0 Å². The fourth-order valence-corrected chi connectivity index (χ4v) is 4.31. The lowest BCUT2D eigenvalue weighted by molar-refractivity contribution is 0.0939. The zero-order valence-corrected chi connectivity index (χ0v) is 16.0. The third kappa shape index (κ3) is 3.00. The number of carbonyl (C=O) groups excluding carboxylic acids is 1. The molecule has 0 radical (unpaired) electrons. The first kappa shape index (κ1) is 17.2. The number of aromatic nitrogens is 4. The van der Waals surface area contributed by atoms with Crippen LogP contribution in [0.1, 0.15) is 60.4 Å². The van der Waals surface area contributed by atoms with Crippen molar-refractivity contribution in [3.05, 3.63) is 53.6 Å². The lowest BCUT2D eigenvalue weighted by atomic mass is 10.1. The molecule has 0 spiro atoms. The summed E-state index contributed by atoms with van der Waals surface area (Å²) in [7, 11) is 0. The van der Waals surface area contributed by atoms with Crippen molar-refractivity contribution in [2.45, 2.75) is 51.1 Å². The third-order valence-electron chi connectivity index (χ3n) is 5.76. The summed E-state index contributed by atoms with van der Waals surface area (Å²) in [6, 6.07) is 8.63. The van der Waals surface area contributed by atoms with Crippen LogP contribution in [0.25, 0.3) is 5.65 Å². The molecule has 28 heavy (non-hydrogen) atoms. The lowest BCUT2D eigenvalue weighted by Gasteiger charge is -2.25. The van der Waals surface area contributed by atoms with Gasteiger partial charge in [0.05, 0.1) is 17.9 Å². The molecule has 0 aromatic carbocycles. The standard InChI is InChI=1S/C21H24N6O/c1-14-5-2-6-15-7-3-8-17(24-15)18-9-4-11-26(18)19-10-12-27-20(25-19)16(13-22-27)21(28)23-14/h3,7-8,10,12-14,18H,2,4-6,9,11H2,1H3,(H,23,28)/t14-,18-/m1/s1. The maximum Gasteiger partial charge on any atom is 0.256 e. The van der Waals surface area contributed by atoms with Gasteiger partial charge in [-0.3, -0.25) is 9.78 Å². The molecule has 3 aromatic rings. The zero-order chi connectivity index (χ0) is 19.1. The number of hydrogen-bond acceptors (Lipinski definition) is 5. The van der Waals surface area contributed by atoms with E-state index in [1.165, 1.54) is 0 Å². The molecule has 0 saturated carbocycles. The minimum Gasteiger partial charge on any atom is -0.349 e. The second-order valence-electron chi connectivity index (χ2n) is 7.78. The Labute approximate surface area is 163 Å². The van der Waals surface area contributed by atoms with E-state index in [0.29, 0.717) is 11.2 Å². The normalized spacial score (nSPS) is 22.6. The Hall–Kier alpha value is -2.96. The molecule has 1 N–H and O–H groups in total. The van der Waals surface area contributed by atoms with Gasteiger partial charge in [0, 0.05) is 24.5 Å². The molecule has 0 unspecified atom stereocenters. The Morgan fingerprint density at radius 1 is 1.14 bits per heavy atom. The van der Waals surface area contributed by atoms with Crippen LogP contribution < -0.4 is 10.2 Å². The predicted molar refractivity (Wildman–Crippen MR) is 106 cm³/mol. The smallest absolute Gasteiger partial charge is 0.256 e. The van der Waals surface area contributed by atoms with Crippen LogP contribution in [0.15, 0.2) is 36.7 Å². The van der Waals surface area contributed by atoms with Crippen LogP contribution in [0.3, 0.4) is 0 Å². The summed E-state index contributed by atoms with van der Waals surface area (Å²) in [5, 5.41) is 7.40. The highest BCUT2D eigenvalue weighted by Gasteiger charge is 2.29. The van der Waals surface area contributed by atoms with Crippen LogP contribution in [-0.2, 0) is 6.42 Å². The fraction of sp³-hybridized carbons (Fsp3) is 0.429. The molecule has 7 nitrogen and oxygen atoms in total. The van der Waals surface area contributed by atoms with Crippen molar-refractivity contribution in [3.63, 3.8) is 0 Å². The Morgan fingerprint density at radius 3 is 3.00 bits per heavy atom. The molecule has 1 saturated heterocycles. The number of nitrogens with one attached hydrogen (secondary N) is 1. The molecule has 0 aliphatic carbocycles. The maximum absolute atomic E-state index is 12.8. The van der Waals surface area contributed by atoms with Gasteiger partial charge in [-0.2, -0.15) is 5.10 Å². The topological polar surface area (TPSA) is 75.4 Å². The van der Waals surface area contributed by atoms with E-state index < -0.39 is 0 Å². The molecule has 5 rings (SSSR count). The average Bonchev–Trinajstić information content (AvgIpc) is 3.34. The van der Waals surface area contributed by atoms with E-state index in [4.69, 9.17) is 9.97 Å². The van der Waals surface area contributed by atoms with Crippen LogP contribution in [0.2, 0.25) is 0 Å². The Morgan fingerprint density at radius 2 is 2.07 bits per heavy atom. The first-order chi connectivity index (χ1) is 13.7. The number of carbonyl (C=O) groups is 1. The molecule has 2 aliphatic rings. The number of nitrogens with zero attached hydrogens (tertiary/aromatic N) is 5. The number of fused-ring (bicyclic) bond motifs is 6. The molecular weight excluding hydrogens is 352 g/mol. The molecule has 5 heterocycles. The second kappa shape index (κ2) is 6.89. The summed E-state index contributed by atoms with van der Waals surface area (Å²) in [6.07, 6.45) is 8.48. The maximum atomic E-state index is 12.8. The van der Waals surface area contributed by atoms with Crippen LogP contribution in [-0.4, -0.2) is 38.1 Å². The third-order valence-corrected chi connectivity index (χ3v) is 5.76. The minimum atomic E-state index is -0.112. The van der Waals surface area contributed by atoms with Gasteiger partial charge in [0.1, 0.15) is 11.4 Å². The number of hydrogen-bond donors (Lipinski definition) is 1. The highest BCUT2D eigenvalue weighted by atomic mass is 16.1. The number of aryl methyl sites for hydroxylation is 1. The predicted octanol–water partition coefficient (Wildman–Crippen LogP) is 2.92. The van der Waals surface area contributed by atoms with E-state index in [-0.39, 0.29) is 18.0 Å². The first-order valence-electron chi connectivity index (χ1n) is 10.1. The monoisotopic (exact) mass is 376 g/mol. The van der Waals surface area contributed by atoms with Gasteiger partial charge in [-0.1, -0.05) is 6.07 Å². The zero-order valence-electron chi connectivity index (χ0n) is 16.0. The van der Waals surface area contributed by atoms with Crippen molar-refractivity contribution in [2.75, 3.05) is 11.4 Å². The molecule has 144 valence electrons. The highest BCUT2D eigenvalue weighted by Crippen LogP contribution is 2.34. The molecular formula is C21H24N6O. The van der Waals surface area contributed by atoms with E-state index in [9.17, 15) is 4.79 Å². The van der Waals surface area contributed by atoms with E-state index in [1.807, 2.05) is 19.2 Å². The van der Waals surface area contributed by atoms with E-state index in [2.05, 4.69) is 33.5 Å². The van der Waals surface area contributed by atoms with Crippen LogP contribution in [0, 0.1) is 0 Å². The van der Waals surface area contributed by atoms with Gasteiger partial charge in [-0.25, -0.2) is 9.50 Å². The second-order valence-corrected chi connectivity index (χ2v) is 7.78. The van der Waals surface area contributed by atoms with Gasteiger partial charge < -0.3 is 10.2 Å². The first-order valence-corrected chi connectivity index (χ1v) is 10.1.